The molecule has 6 fully saturated rings. The van der Waals surface area contributed by atoms with Crippen LogP contribution in [0.4, 0.5) is 10.5 Å². The average molecular weight is 582 g/mol. The number of aromatic nitrogens is 1. The lowest BCUT2D eigenvalue weighted by Crippen LogP contribution is -2.54. The van der Waals surface area contributed by atoms with Gasteiger partial charge in [0.25, 0.3) is 0 Å². The minimum absolute atomic E-state index is 0.0240. The molecule has 1 aromatic rings. The summed E-state index contributed by atoms with van der Waals surface area (Å²) < 4.78 is 5.58. The van der Waals surface area contributed by atoms with Gasteiger partial charge in [-0.3, -0.25) is 14.6 Å². The van der Waals surface area contributed by atoms with E-state index in [1.807, 2.05) is 38.1 Å². The second-order valence-corrected chi connectivity index (χ2v) is 16.0. The molecule has 222 valence electrons. The van der Waals surface area contributed by atoms with E-state index < -0.39 is 22.6 Å². The number of likely N-dealkylation sites (tertiary alicyclic amines) is 1. The second-order valence-electron chi connectivity index (χ2n) is 14.6. The molecule has 6 aliphatic rings. The highest BCUT2D eigenvalue weighted by atomic mass is 32.2. The molecule has 4 aliphatic heterocycles. The van der Waals surface area contributed by atoms with Gasteiger partial charge in [-0.1, -0.05) is 0 Å². The summed E-state index contributed by atoms with van der Waals surface area (Å²) in [6.07, 6.45) is 10.9. The maximum Gasteiger partial charge on any atom is 0.408 e. The molecule has 1 unspecified atom stereocenters. The van der Waals surface area contributed by atoms with E-state index in [2.05, 4.69) is 40.3 Å². The van der Waals surface area contributed by atoms with Crippen LogP contribution >= 0.6 is 11.8 Å². The first kappa shape index (κ1) is 27.3. The minimum atomic E-state index is -0.622. The van der Waals surface area contributed by atoms with Gasteiger partial charge in [-0.25, -0.2) is 4.79 Å². The number of pyridine rings is 1. The maximum atomic E-state index is 14.4. The van der Waals surface area contributed by atoms with Crippen LogP contribution in [0.5, 0.6) is 0 Å². The van der Waals surface area contributed by atoms with E-state index in [1.54, 1.807) is 11.8 Å². The molecule has 1 spiro atoms. The molecule has 2 aliphatic carbocycles. The molecule has 3 amide bonds. The largest absolute Gasteiger partial charge is 0.444 e. The zero-order valence-electron chi connectivity index (χ0n) is 24.9. The molecule has 2 saturated carbocycles. The molecule has 4 saturated heterocycles. The number of carbonyl (C=O) groups excluding carboxylic acids is 3. The molecule has 0 bridgehead atoms. The molecule has 0 radical (unpaired) electrons. The first-order valence-electron chi connectivity index (χ1n) is 15.3. The third-order valence-electron chi connectivity index (χ3n) is 10.3. The van der Waals surface area contributed by atoms with Gasteiger partial charge < -0.3 is 24.8 Å². The molecule has 1 N–H and O–H groups in total. The number of amides is 3. The van der Waals surface area contributed by atoms with Crippen LogP contribution in [-0.4, -0.2) is 86.7 Å². The van der Waals surface area contributed by atoms with Crippen LogP contribution in [0.1, 0.15) is 83.6 Å². The molecule has 7 atom stereocenters. The lowest BCUT2D eigenvalue weighted by atomic mass is 9.95. The van der Waals surface area contributed by atoms with Gasteiger partial charge in [-0.2, -0.15) is 0 Å². The number of nitrogens with one attached hydrogen (secondary N) is 1. The van der Waals surface area contributed by atoms with Crippen molar-refractivity contribution in [3.05, 3.63) is 24.0 Å². The molecule has 5 heterocycles. The Hall–Kier alpha value is -2.49. The summed E-state index contributed by atoms with van der Waals surface area (Å²) in [5.41, 5.74) is 1.67. The van der Waals surface area contributed by atoms with Crippen molar-refractivity contribution < 1.29 is 19.1 Å². The Balaban J connectivity index is 1.12. The molecular weight excluding hydrogens is 538 g/mol. The summed E-state index contributed by atoms with van der Waals surface area (Å²) in [5.74, 6) is 1.47. The summed E-state index contributed by atoms with van der Waals surface area (Å²) in [5, 5.41) is 2.74. The molecule has 9 nitrogen and oxygen atoms in total. The van der Waals surface area contributed by atoms with Gasteiger partial charge in [0.15, 0.2) is 0 Å². The molecular formula is C31H43N5O4S. The Morgan fingerprint density at radius 2 is 1.93 bits per heavy atom. The third kappa shape index (κ3) is 4.78. The first-order chi connectivity index (χ1) is 19.4. The predicted molar refractivity (Wildman–Crippen MR) is 158 cm³/mol. The third-order valence-corrected chi connectivity index (χ3v) is 11.8. The summed E-state index contributed by atoms with van der Waals surface area (Å²) in [7, 11) is 4.10. The van der Waals surface area contributed by atoms with Crippen molar-refractivity contribution in [2.45, 2.75) is 111 Å². The number of ether oxygens (including phenoxy) is 1. The number of alkyl carbamates (subject to hydrolysis) is 1. The number of thioether (sulfide) groups is 1. The van der Waals surface area contributed by atoms with E-state index in [9.17, 15) is 14.4 Å². The zero-order chi connectivity index (χ0) is 28.9. The molecule has 0 aromatic carbocycles. The summed E-state index contributed by atoms with van der Waals surface area (Å²) in [6, 6.07) is 1.75. The monoisotopic (exact) mass is 581 g/mol. The van der Waals surface area contributed by atoms with Crippen molar-refractivity contribution in [2.75, 3.05) is 25.5 Å². The van der Waals surface area contributed by atoms with E-state index in [1.165, 1.54) is 5.56 Å². The van der Waals surface area contributed by atoms with Crippen LogP contribution < -0.4 is 10.2 Å². The Bertz CT molecular complexity index is 1280. The molecule has 7 rings (SSSR count). The van der Waals surface area contributed by atoms with E-state index in [-0.39, 0.29) is 34.6 Å². The van der Waals surface area contributed by atoms with Crippen molar-refractivity contribution in [2.24, 2.45) is 11.8 Å². The Morgan fingerprint density at radius 3 is 2.63 bits per heavy atom. The molecule has 10 heteroatoms. The Labute approximate surface area is 247 Å². The minimum Gasteiger partial charge on any atom is -0.444 e. The normalized spacial score (nSPS) is 36.4. The van der Waals surface area contributed by atoms with Crippen LogP contribution in [0, 0.1) is 11.8 Å². The van der Waals surface area contributed by atoms with Crippen LogP contribution in [0.15, 0.2) is 18.5 Å². The summed E-state index contributed by atoms with van der Waals surface area (Å²) in [4.78, 5) is 51.5. The van der Waals surface area contributed by atoms with Gasteiger partial charge in [0.2, 0.25) is 11.8 Å². The van der Waals surface area contributed by atoms with Gasteiger partial charge in [-0.05, 0) is 95.6 Å². The SMILES string of the molecule is CN(C)c1ccncc1[C@H]1CN(C(=O)[C@@H]2CC[C@@H]3C[C@H]4C[C@H]4C[C@]4(NC(=O)OC(C)(C)C)SC4C(=O)N32)C2(CC2)C1. The molecule has 1 aromatic heterocycles. The fourth-order valence-corrected chi connectivity index (χ4v) is 9.40. The van der Waals surface area contributed by atoms with Crippen molar-refractivity contribution in [3.63, 3.8) is 0 Å². The van der Waals surface area contributed by atoms with Crippen LogP contribution in [-0.2, 0) is 14.3 Å². The Morgan fingerprint density at radius 1 is 1.15 bits per heavy atom. The number of hydrogen-bond acceptors (Lipinski definition) is 7. The number of carbonyl (C=O) groups is 3. The van der Waals surface area contributed by atoms with E-state index in [4.69, 9.17) is 4.74 Å². The number of rotatable bonds is 4. The molecule has 41 heavy (non-hydrogen) atoms. The van der Waals surface area contributed by atoms with Crippen molar-refractivity contribution in [1.29, 1.82) is 0 Å². The highest BCUT2D eigenvalue weighted by Crippen LogP contribution is 2.63. The maximum absolute atomic E-state index is 14.4. The fourth-order valence-electron chi connectivity index (χ4n) is 8.12. The first-order valence-corrected chi connectivity index (χ1v) is 16.2. The van der Waals surface area contributed by atoms with Gasteiger partial charge in [0, 0.05) is 56.2 Å². The van der Waals surface area contributed by atoms with Crippen molar-refractivity contribution in [1.82, 2.24) is 20.1 Å². The van der Waals surface area contributed by atoms with Crippen molar-refractivity contribution >= 4 is 35.4 Å². The second kappa shape index (κ2) is 9.25. The van der Waals surface area contributed by atoms with Crippen LogP contribution in [0.3, 0.4) is 0 Å². The van der Waals surface area contributed by atoms with Gasteiger partial charge in [0.05, 0.1) is 0 Å². The Kier molecular flexibility index (Phi) is 6.17. The van der Waals surface area contributed by atoms with Gasteiger partial charge in [0.1, 0.15) is 21.8 Å². The lowest BCUT2D eigenvalue weighted by Gasteiger charge is -2.34. The van der Waals surface area contributed by atoms with Crippen molar-refractivity contribution in [3.8, 4) is 0 Å². The summed E-state index contributed by atoms with van der Waals surface area (Å²) in [6.45, 7) is 6.23. The smallest absolute Gasteiger partial charge is 0.408 e. The van der Waals surface area contributed by atoms with Gasteiger partial charge in [-0.15, -0.1) is 11.8 Å². The lowest BCUT2D eigenvalue weighted by molar-refractivity contribution is -0.146. The highest BCUT2D eigenvalue weighted by molar-refractivity contribution is 8.09. The van der Waals surface area contributed by atoms with Crippen LogP contribution in [0.25, 0.3) is 0 Å². The topological polar surface area (TPSA) is 95.1 Å². The standard InChI is InChI=1S/C31H43N5O4S/c1-29(2,3)40-28(39)33-31-15-19-12-18(19)13-21-6-7-24(36(21)27(38)25(31)41-31)26(37)35-17-20(14-30(35)9-10-30)22-16-32-11-8-23(22)34(4)5/h8,11,16,18-21,24-25H,6-7,9-10,12-15,17H2,1-5H3,(H,33,39)/t18-,19+,20-,21-,24+,25?,31+/m1/s1. The average Bonchev–Trinajstić information content (AvgIpc) is 3.83. The van der Waals surface area contributed by atoms with Gasteiger partial charge >= 0.3 is 6.09 Å². The summed E-state index contributed by atoms with van der Waals surface area (Å²) >= 11 is 1.54. The van der Waals surface area contributed by atoms with Crippen LogP contribution in [0.2, 0.25) is 0 Å². The van der Waals surface area contributed by atoms with E-state index in [0.717, 1.165) is 57.1 Å². The highest BCUT2D eigenvalue weighted by Gasteiger charge is 2.68. The number of anilines is 1. The van der Waals surface area contributed by atoms with E-state index >= 15 is 0 Å². The predicted octanol–water partition coefficient (Wildman–Crippen LogP) is 4.12. The number of nitrogens with zero attached hydrogens (tertiary/aromatic N) is 4. The fraction of sp³-hybridized carbons (Fsp3) is 0.742. The number of hydrogen-bond donors (Lipinski definition) is 1. The number of fused-ring (bicyclic) bond motifs is 3. The van der Waals surface area contributed by atoms with E-state index in [0.29, 0.717) is 18.4 Å². The zero-order valence-corrected chi connectivity index (χ0v) is 25.7. The quantitative estimate of drug-likeness (QED) is 0.535.